The third-order valence-electron chi connectivity index (χ3n) is 8.60. The predicted octanol–water partition coefficient (Wildman–Crippen LogP) is 3.23. The van der Waals surface area contributed by atoms with Gasteiger partial charge in [0.2, 0.25) is 4.38 Å². The smallest absolute Gasteiger partial charge is 0.220 e. The molecule has 0 aromatic carbocycles. The Bertz CT molecular complexity index is 851. The molecule has 2 N–H and O–H groups in total. The number of Topliss-reactive ketones (excluding diaryl/α,β-unsaturated/α-hetero) is 1. The van der Waals surface area contributed by atoms with E-state index < -0.39 is 17.1 Å². The van der Waals surface area contributed by atoms with E-state index in [9.17, 15) is 19.8 Å². The number of methoxy groups -OCH3 is 1. The molecule has 0 heterocycles. The molecule has 0 bridgehead atoms. The van der Waals surface area contributed by atoms with Crippen molar-refractivity contribution in [3.8, 4) is 0 Å². The summed E-state index contributed by atoms with van der Waals surface area (Å²) in [5.74, 6) is 0.215. The highest BCUT2D eigenvalue weighted by molar-refractivity contribution is 8.23. The van der Waals surface area contributed by atoms with E-state index in [2.05, 4.69) is 6.92 Å². The monoisotopic (exact) mass is 450 g/mol. The average molecular weight is 451 g/mol. The summed E-state index contributed by atoms with van der Waals surface area (Å²) >= 11 is 6.16. The van der Waals surface area contributed by atoms with Crippen LogP contribution in [0.4, 0.5) is 0 Å². The van der Waals surface area contributed by atoms with Crippen LogP contribution in [0.1, 0.15) is 46.0 Å². The number of allylic oxidation sites excluding steroid dienone is 4. The minimum atomic E-state index is -1.46. The van der Waals surface area contributed by atoms with Gasteiger partial charge in [-0.25, -0.2) is 0 Å². The molecule has 5 nitrogen and oxygen atoms in total. The first kappa shape index (κ1) is 22.2. The first-order valence-electron chi connectivity index (χ1n) is 10.7. The molecule has 4 rings (SSSR count). The number of hydrogen-bond acceptors (Lipinski definition) is 7. The largest absolute Gasteiger partial charge is 0.482 e. The molecular formula is C23H30O5S2. The first-order chi connectivity index (χ1) is 14.1. The van der Waals surface area contributed by atoms with Crippen molar-refractivity contribution in [3.05, 3.63) is 23.8 Å². The molecule has 0 aromatic rings. The quantitative estimate of drug-likeness (QED) is 0.639. The highest BCUT2D eigenvalue weighted by Gasteiger charge is 2.67. The summed E-state index contributed by atoms with van der Waals surface area (Å²) in [4.78, 5) is 25.0. The zero-order valence-corrected chi connectivity index (χ0v) is 19.4. The lowest BCUT2D eigenvalue weighted by atomic mass is 9.46. The molecular weight excluding hydrogens is 420 g/mol. The number of aliphatic hydroxyl groups excluding tert-OH is 1. The van der Waals surface area contributed by atoms with Gasteiger partial charge in [0.05, 0.1) is 19.0 Å². The average Bonchev–Trinajstić information content (AvgIpc) is 2.97. The van der Waals surface area contributed by atoms with Crippen LogP contribution in [0.2, 0.25) is 0 Å². The minimum Gasteiger partial charge on any atom is -0.482 e. The zero-order valence-electron chi connectivity index (χ0n) is 17.7. The van der Waals surface area contributed by atoms with Crippen LogP contribution in [0.15, 0.2) is 23.8 Å². The van der Waals surface area contributed by atoms with Crippen molar-refractivity contribution in [2.75, 3.05) is 12.9 Å². The van der Waals surface area contributed by atoms with Gasteiger partial charge in [-0.15, -0.1) is 0 Å². The number of rotatable bonds is 3. The summed E-state index contributed by atoms with van der Waals surface area (Å²) in [5.41, 5.74) is -1.38. The number of thiocarbonyl (C=S) groups is 1. The molecule has 0 amide bonds. The lowest BCUT2D eigenvalue weighted by molar-refractivity contribution is -0.174. The molecule has 3 fully saturated rings. The van der Waals surface area contributed by atoms with E-state index in [0.29, 0.717) is 12.8 Å². The maximum atomic E-state index is 13.1. The number of carbonyl (C=O) groups is 2. The Kier molecular flexibility index (Phi) is 5.57. The molecule has 0 aliphatic heterocycles. The number of thioether (sulfide) groups is 1. The fourth-order valence-corrected chi connectivity index (χ4v) is 7.87. The van der Waals surface area contributed by atoms with Crippen molar-refractivity contribution < 1.29 is 24.5 Å². The molecule has 0 spiro atoms. The van der Waals surface area contributed by atoms with Crippen LogP contribution < -0.4 is 0 Å². The number of hydrogen-bond donors (Lipinski definition) is 2. The molecule has 4 aliphatic rings. The fourth-order valence-electron chi connectivity index (χ4n) is 7.09. The standard InChI is InChI=1S/C23H30O5S2/c1-21-8-6-14(24)10-13(21)4-5-15-16-7-9-23(27,18(26)12-30-20(29)28-3)22(16,2)11-17(25)19(15)21/h6,8,10,15-17,19,25,27H,4-5,7,9,11-12H2,1-3H3. The molecule has 7 atom stereocenters. The van der Waals surface area contributed by atoms with E-state index in [1.54, 1.807) is 12.2 Å². The Labute approximate surface area is 187 Å². The lowest BCUT2D eigenvalue weighted by Gasteiger charge is -2.59. The topological polar surface area (TPSA) is 83.8 Å². The van der Waals surface area contributed by atoms with Crippen molar-refractivity contribution in [1.29, 1.82) is 0 Å². The Morgan fingerprint density at radius 3 is 2.80 bits per heavy atom. The summed E-state index contributed by atoms with van der Waals surface area (Å²) in [6, 6.07) is 0. The zero-order chi connectivity index (χ0) is 21.9. The van der Waals surface area contributed by atoms with Gasteiger partial charge >= 0.3 is 0 Å². The van der Waals surface area contributed by atoms with E-state index in [1.807, 2.05) is 13.0 Å². The summed E-state index contributed by atoms with van der Waals surface area (Å²) in [5, 5.41) is 23.0. The lowest BCUT2D eigenvalue weighted by Crippen LogP contribution is -2.61. The number of ether oxygens (including phenoxy) is 1. The third kappa shape index (κ3) is 3.07. The molecule has 0 aromatic heterocycles. The Hall–Kier alpha value is -1.02. The van der Waals surface area contributed by atoms with Gasteiger partial charge in [-0.1, -0.05) is 37.3 Å². The Balaban J connectivity index is 1.63. The maximum Gasteiger partial charge on any atom is 0.220 e. The highest BCUT2D eigenvalue weighted by Crippen LogP contribution is 2.67. The van der Waals surface area contributed by atoms with E-state index in [4.69, 9.17) is 17.0 Å². The van der Waals surface area contributed by atoms with Gasteiger partial charge in [0.25, 0.3) is 0 Å². The van der Waals surface area contributed by atoms with Crippen LogP contribution in [0.5, 0.6) is 0 Å². The second kappa shape index (κ2) is 7.54. The Morgan fingerprint density at radius 2 is 2.10 bits per heavy atom. The van der Waals surface area contributed by atoms with Gasteiger partial charge in [-0.05, 0) is 68.3 Å². The van der Waals surface area contributed by atoms with Gasteiger partial charge in [-0.2, -0.15) is 0 Å². The van der Waals surface area contributed by atoms with Crippen LogP contribution in [0, 0.1) is 28.6 Å². The summed E-state index contributed by atoms with van der Waals surface area (Å²) in [6.07, 6.45) is 7.94. The third-order valence-corrected chi connectivity index (χ3v) is 9.93. The van der Waals surface area contributed by atoms with Crippen LogP contribution >= 0.6 is 24.0 Å². The van der Waals surface area contributed by atoms with E-state index >= 15 is 0 Å². The van der Waals surface area contributed by atoms with E-state index in [0.717, 1.165) is 36.6 Å². The molecule has 7 heteroatoms. The van der Waals surface area contributed by atoms with Crippen LogP contribution in [0.3, 0.4) is 0 Å². The normalized spacial score (nSPS) is 44.6. The van der Waals surface area contributed by atoms with E-state index in [-0.39, 0.29) is 44.9 Å². The molecule has 3 saturated carbocycles. The van der Waals surface area contributed by atoms with Crippen LogP contribution in [-0.2, 0) is 14.3 Å². The summed E-state index contributed by atoms with van der Waals surface area (Å²) in [6.45, 7) is 4.11. The number of aliphatic hydroxyl groups is 2. The van der Waals surface area contributed by atoms with Crippen LogP contribution in [-0.4, -0.2) is 50.7 Å². The van der Waals surface area contributed by atoms with Crippen molar-refractivity contribution in [2.24, 2.45) is 28.6 Å². The van der Waals surface area contributed by atoms with Gasteiger partial charge in [-0.3, -0.25) is 9.59 Å². The Morgan fingerprint density at radius 1 is 1.37 bits per heavy atom. The van der Waals surface area contributed by atoms with Gasteiger partial charge in [0.15, 0.2) is 11.6 Å². The molecule has 164 valence electrons. The minimum absolute atomic E-state index is 0.00665. The SMILES string of the molecule is COC(=S)SCC(=O)C1(O)CCC2C3CCC4=CC(=O)C=CC4(C)C3C(O)CC21C. The summed E-state index contributed by atoms with van der Waals surface area (Å²) in [7, 11) is 1.47. The molecule has 0 radical (unpaired) electrons. The van der Waals surface area contributed by atoms with Crippen molar-refractivity contribution in [3.63, 3.8) is 0 Å². The summed E-state index contributed by atoms with van der Waals surface area (Å²) < 4.78 is 5.26. The molecule has 30 heavy (non-hydrogen) atoms. The molecule has 4 aliphatic carbocycles. The van der Waals surface area contributed by atoms with Gasteiger partial charge in [0, 0.05) is 16.7 Å². The maximum absolute atomic E-state index is 13.1. The number of ketones is 2. The second-order valence-corrected chi connectivity index (χ2v) is 11.4. The first-order valence-corrected chi connectivity index (χ1v) is 12.0. The highest BCUT2D eigenvalue weighted by atomic mass is 32.2. The van der Waals surface area contributed by atoms with Crippen molar-refractivity contribution in [1.82, 2.24) is 0 Å². The van der Waals surface area contributed by atoms with Gasteiger partial charge < -0.3 is 14.9 Å². The van der Waals surface area contributed by atoms with E-state index in [1.165, 1.54) is 7.11 Å². The van der Waals surface area contributed by atoms with Crippen molar-refractivity contribution in [2.45, 2.75) is 57.7 Å². The van der Waals surface area contributed by atoms with Gasteiger partial charge in [0.1, 0.15) is 5.60 Å². The second-order valence-electron chi connectivity index (χ2n) is 9.78. The molecule has 0 saturated heterocycles. The van der Waals surface area contributed by atoms with Crippen molar-refractivity contribution >= 4 is 39.9 Å². The fraction of sp³-hybridized carbons (Fsp3) is 0.696. The predicted molar refractivity (Wildman–Crippen MR) is 120 cm³/mol. The van der Waals surface area contributed by atoms with Crippen LogP contribution in [0.25, 0.3) is 0 Å². The number of carbonyl (C=O) groups excluding carboxylic acids is 2. The molecule has 7 unspecified atom stereocenters. The number of fused-ring (bicyclic) bond motifs is 5.